The average Bonchev–Trinajstić information content (AvgIpc) is 3.65. The lowest BCUT2D eigenvalue weighted by Crippen LogP contribution is -2.48. The summed E-state index contributed by atoms with van der Waals surface area (Å²) in [7, 11) is 2.09. The van der Waals surface area contributed by atoms with Crippen LogP contribution in [0.2, 0.25) is 5.02 Å². The Morgan fingerprint density at radius 1 is 1.26 bits per heavy atom. The molecule has 2 aromatic heterocycles. The molecule has 0 radical (unpaired) electrons. The minimum Gasteiger partial charge on any atom is -0.475 e. The third-order valence-electron chi connectivity index (χ3n) is 8.23. The first-order valence-electron chi connectivity index (χ1n) is 14.1. The quantitative estimate of drug-likeness (QED) is 0.300. The van der Waals surface area contributed by atoms with Gasteiger partial charge in [-0.2, -0.15) is 10.4 Å². The summed E-state index contributed by atoms with van der Waals surface area (Å²) in [5, 5.41) is 19.6. The molecular formula is C31H32ClN7O3. The lowest BCUT2D eigenvalue weighted by molar-refractivity contribution is -0.126. The molecule has 1 amide bonds. The number of likely N-dealkylation sites (tertiary alicyclic amines) is 1. The van der Waals surface area contributed by atoms with Crippen molar-refractivity contribution in [3.8, 4) is 23.4 Å². The number of H-pyrrole nitrogens is 1. The SMILES string of the molecule is C=CC(=O)N1CCN(c2c(C#N)c(OC[C@@H]3CCCN3C)nc3c(Oc4c(Cl)c(C)cc5[nH]ncc45)cccc23)CC1. The summed E-state index contributed by atoms with van der Waals surface area (Å²) in [6.07, 6.45) is 5.15. The van der Waals surface area contributed by atoms with Gasteiger partial charge in [-0.3, -0.25) is 9.89 Å². The highest BCUT2D eigenvalue weighted by atomic mass is 35.5. The van der Waals surface area contributed by atoms with Crippen molar-refractivity contribution in [2.45, 2.75) is 25.8 Å². The molecule has 11 heteroatoms. The van der Waals surface area contributed by atoms with Crippen LogP contribution in [0.25, 0.3) is 21.8 Å². The number of rotatable bonds is 7. The maximum atomic E-state index is 12.2. The molecule has 2 fully saturated rings. The third-order valence-corrected chi connectivity index (χ3v) is 8.70. The van der Waals surface area contributed by atoms with Crippen molar-refractivity contribution in [1.82, 2.24) is 25.0 Å². The number of carbonyl (C=O) groups is 1. The number of anilines is 1. The van der Waals surface area contributed by atoms with Crippen LogP contribution in [0, 0.1) is 18.3 Å². The van der Waals surface area contributed by atoms with E-state index < -0.39 is 0 Å². The maximum Gasteiger partial charge on any atom is 0.246 e. The molecule has 0 unspecified atom stereocenters. The van der Waals surface area contributed by atoms with Crippen LogP contribution in [0.15, 0.2) is 43.1 Å². The number of para-hydroxylation sites is 1. The number of ether oxygens (including phenoxy) is 2. The molecule has 2 aromatic carbocycles. The number of nitrogens with zero attached hydrogens (tertiary/aromatic N) is 6. The molecule has 0 aliphatic carbocycles. The standard InChI is InChI=1S/C31H32ClN7O3/c1-4-26(40)38-11-13-39(14-12-38)29-21-8-5-9-25(42-30-23-17-34-36-24(23)15-19(2)27(30)32)28(21)35-31(22(29)16-33)41-18-20-7-6-10-37(20)3/h4-5,8-9,15,17,20H,1,6-7,10-14,18H2,2-3H3,(H,34,36)/t20-/m0/s1. The van der Waals surface area contributed by atoms with Crippen LogP contribution in [0.3, 0.4) is 0 Å². The molecule has 0 saturated carbocycles. The smallest absolute Gasteiger partial charge is 0.246 e. The first kappa shape index (κ1) is 27.8. The van der Waals surface area contributed by atoms with Gasteiger partial charge in [-0.15, -0.1) is 0 Å². The van der Waals surface area contributed by atoms with E-state index in [1.54, 1.807) is 11.1 Å². The number of amides is 1. The summed E-state index contributed by atoms with van der Waals surface area (Å²) < 4.78 is 12.8. The Hall–Kier alpha value is -4.33. The van der Waals surface area contributed by atoms with Crippen LogP contribution >= 0.6 is 11.6 Å². The monoisotopic (exact) mass is 585 g/mol. The van der Waals surface area contributed by atoms with E-state index in [1.165, 1.54) is 6.08 Å². The molecule has 0 bridgehead atoms. The Balaban J connectivity index is 1.47. The van der Waals surface area contributed by atoms with Gasteiger partial charge < -0.3 is 24.2 Å². The van der Waals surface area contributed by atoms with Crippen LogP contribution in [-0.2, 0) is 4.79 Å². The largest absolute Gasteiger partial charge is 0.475 e. The molecule has 42 heavy (non-hydrogen) atoms. The number of nitrogens with one attached hydrogen (secondary N) is 1. The number of hydrogen-bond acceptors (Lipinski definition) is 8. The van der Waals surface area contributed by atoms with E-state index in [4.69, 9.17) is 26.1 Å². The Morgan fingerprint density at radius 2 is 2.07 bits per heavy atom. The number of nitriles is 1. The molecule has 10 nitrogen and oxygen atoms in total. The number of fused-ring (bicyclic) bond motifs is 2. The van der Waals surface area contributed by atoms with Crippen molar-refractivity contribution < 1.29 is 14.3 Å². The molecule has 6 rings (SSSR count). The molecule has 0 spiro atoms. The van der Waals surface area contributed by atoms with E-state index in [9.17, 15) is 10.1 Å². The first-order valence-corrected chi connectivity index (χ1v) is 14.4. The average molecular weight is 586 g/mol. The lowest BCUT2D eigenvalue weighted by atomic mass is 10.1. The number of pyridine rings is 1. The molecule has 1 atom stereocenters. The number of aromatic nitrogens is 3. The van der Waals surface area contributed by atoms with Gasteiger partial charge in [0.25, 0.3) is 0 Å². The van der Waals surface area contributed by atoms with E-state index in [0.717, 1.165) is 46.9 Å². The molecule has 4 heterocycles. The first-order chi connectivity index (χ1) is 20.4. The van der Waals surface area contributed by atoms with Gasteiger partial charge in [0.15, 0.2) is 11.5 Å². The van der Waals surface area contributed by atoms with Crippen LogP contribution in [0.5, 0.6) is 17.4 Å². The summed E-state index contributed by atoms with van der Waals surface area (Å²) in [5.74, 6) is 1.13. The molecule has 2 aliphatic heterocycles. The zero-order valence-electron chi connectivity index (χ0n) is 23.7. The summed E-state index contributed by atoms with van der Waals surface area (Å²) in [6.45, 7) is 9.08. The van der Waals surface area contributed by atoms with E-state index in [1.807, 2.05) is 31.2 Å². The Kier molecular flexibility index (Phi) is 7.62. The second-order valence-corrected chi connectivity index (χ2v) is 11.2. The van der Waals surface area contributed by atoms with Crippen molar-refractivity contribution in [3.63, 3.8) is 0 Å². The number of aromatic amines is 1. The number of piperazine rings is 1. The minimum absolute atomic E-state index is 0.101. The van der Waals surface area contributed by atoms with Gasteiger partial charge in [-0.25, -0.2) is 4.98 Å². The number of carbonyl (C=O) groups excluding carboxylic acids is 1. The number of aryl methyl sites for hydroxylation is 1. The van der Waals surface area contributed by atoms with Gasteiger partial charge in [-0.1, -0.05) is 30.3 Å². The number of benzene rings is 2. The second-order valence-electron chi connectivity index (χ2n) is 10.8. The van der Waals surface area contributed by atoms with Crippen LogP contribution in [-0.4, -0.2) is 83.3 Å². The summed E-state index contributed by atoms with van der Waals surface area (Å²) in [5.41, 5.74) is 3.30. The number of halogens is 1. The van der Waals surface area contributed by atoms with Crippen LogP contribution in [0.4, 0.5) is 5.69 Å². The Labute approximate surface area is 249 Å². The van der Waals surface area contributed by atoms with Crippen molar-refractivity contribution in [2.75, 3.05) is 51.3 Å². The third kappa shape index (κ3) is 4.99. The van der Waals surface area contributed by atoms with Gasteiger partial charge in [-0.05, 0) is 57.1 Å². The molecule has 2 saturated heterocycles. The summed E-state index contributed by atoms with van der Waals surface area (Å²) >= 11 is 6.74. The zero-order chi connectivity index (χ0) is 29.4. The van der Waals surface area contributed by atoms with Crippen LogP contribution in [0.1, 0.15) is 24.0 Å². The van der Waals surface area contributed by atoms with Crippen molar-refractivity contribution in [2.24, 2.45) is 0 Å². The maximum absolute atomic E-state index is 12.2. The van der Waals surface area contributed by atoms with Gasteiger partial charge in [0.2, 0.25) is 11.8 Å². The molecule has 1 N–H and O–H groups in total. The van der Waals surface area contributed by atoms with E-state index in [2.05, 4.69) is 39.7 Å². The van der Waals surface area contributed by atoms with Gasteiger partial charge in [0.1, 0.15) is 23.8 Å². The molecule has 2 aliphatic rings. The topological polar surface area (TPSA) is 111 Å². The summed E-state index contributed by atoms with van der Waals surface area (Å²) in [6, 6.07) is 10.2. The predicted octanol–water partition coefficient (Wildman–Crippen LogP) is 5.04. The minimum atomic E-state index is -0.101. The number of likely N-dealkylation sites (N-methyl/N-ethyl adjacent to an activating group) is 1. The fourth-order valence-corrected chi connectivity index (χ4v) is 6.05. The highest BCUT2D eigenvalue weighted by Gasteiger charge is 2.29. The van der Waals surface area contributed by atoms with Crippen LogP contribution < -0.4 is 14.4 Å². The molecular weight excluding hydrogens is 554 g/mol. The summed E-state index contributed by atoms with van der Waals surface area (Å²) in [4.78, 5) is 23.3. The van der Waals surface area contributed by atoms with Gasteiger partial charge >= 0.3 is 0 Å². The Bertz CT molecular complexity index is 1720. The molecule has 4 aromatic rings. The predicted molar refractivity (Wildman–Crippen MR) is 163 cm³/mol. The normalized spacial score (nSPS) is 17.5. The number of hydrogen-bond donors (Lipinski definition) is 1. The van der Waals surface area contributed by atoms with E-state index in [0.29, 0.717) is 60.4 Å². The van der Waals surface area contributed by atoms with E-state index >= 15 is 0 Å². The molecule has 216 valence electrons. The Morgan fingerprint density at radius 3 is 2.79 bits per heavy atom. The van der Waals surface area contributed by atoms with E-state index in [-0.39, 0.29) is 17.8 Å². The van der Waals surface area contributed by atoms with Crippen molar-refractivity contribution in [1.29, 1.82) is 5.26 Å². The lowest BCUT2D eigenvalue weighted by Gasteiger charge is -2.36. The highest BCUT2D eigenvalue weighted by molar-refractivity contribution is 6.34. The zero-order valence-corrected chi connectivity index (χ0v) is 24.4. The highest BCUT2D eigenvalue weighted by Crippen LogP contribution is 2.43. The van der Waals surface area contributed by atoms with Crippen molar-refractivity contribution >= 4 is 45.0 Å². The fourth-order valence-electron chi connectivity index (χ4n) is 5.86. The fraction of sp³-hybridized carbons (Fsp3) is 0.355. The van der Waals surface area contributed by atoms with Crippen molar-refractivity contribution in [3.05, 3.63) is 59.3 Å². The van der Waals surface area contributed by atoms with Gasteiger partial charge in [0, 0.05) is 37.6 Å². The van der Waals surface area contributed by atoms with Gasteiger partial charge in [0.05, 0.1) is 27.8 Å². The second kappa shape index (κ2) is 11.5.